The Morgan fingerprint density at radius 3 is 1.89 bits per heavy atom. The summed E-state index contributed by atoms with van der Waals surface area (Å²) in [6.45, 7) is 0.416. The molecule has 0 aliphatic rings. The number of alkyl halides is 6. The van der Waals surface area contributed by atoms with E-state index in [-0.39, 0.29) is 5.32 Å². The van der Waals surface area contributed by atoms with Crippen molar-refractivity contribution in [3.8, 4) is 0 Å². The van der Waals surface area contributed by atoms with Crippen LogP contribution in [-0.2, 0) is 14.3 Å². The summed E-state index contributed by atoms with van der Waals surface area (Å²) in [6.07, 6.45) is -11.6. The van der Waals surface area contributed by atoms with E-state index in [1.54, 1.807) is 0 Å². The molecule has 0 unspecified atom stereocenters. The third-order valence-electron chi connectivity index (χ3n) is 1.53. The summed E-state index contributed by atoms with van der Waals surface area (Å²) in [7, 11) is 0. The van der Waals surface area contributed by atoms with Gasteiger partial charge in [-0.25, -0.2) is 4.79 Å². The number of aliphatic hydroxyl groups is 1. The van der Waals surface area contributed by atoms with Crippen LogP contribution in [0.3, 0.4) is 0 Å². The summed E-state index contributed by atoms with van der Waals surface area (Å²) in [5, 5.41) is 9.00. The minimum Gasteiger partial charge on any atom is -0.462 e. The Balaban J connectivity index is 5.27. The lowest BCUT2D eigenvalue weighted by atomic mass is 10.2. The highest BCUT2D eigenvalue weighted by atomic mass is 19.4. The number of ether oxygens (including phenoxy) is 1. The van der Waals surface area contributed by atoms with Gasteiger partial charge in [-0.15, -0.1) is 0 Å². The molecule has 0 saturated carbocycles. The molecule has 0 aromatic carbocycles. The van der Waals surface area contributed by atoms with Crippen LogP contribution in [-0.4, -0.2) is 41.7 Å². The minimum atomic E-state index is -5.87. The molecule has 0 heterocycles. The number of hydrogen-bond donors (Lipinski definition) is 2. The van der Waals surface area contributed by atoms with Gasteiger partial charge in [-0.05, 0) is 6.92 Å². The Morgan fingerprint density at radius 1 is 1.17 bits per heavy atom. The lowest BCUT2D eigenvalue weighted by Crippen LogP contribution is -2.66. The number of carbonyl (C=O) groups is 2. The van der Waals surface area contributed by atoms with Gasteiger partial charge in [-0.2, -0.15) is 26.3 Å². The third-order valence-corrected chi connectivity index (χ3v) is 1.53. The summed E-state index contributed by atoms with van der Waals surface area (Å²) in [5.41, 5.74) is -4.75. The van der Waals surface area contributed by atoms with Crippen LogP contribution < -0.4 is 5.32 Å². The van der Waals surface area contributed by atoms with Gasteiger partial charge in [-0.1, -0.05) is 0 Å². The highest BCUT2D eigenvalue weighted by Gasteiger charge is 2.64. The molecule has 0 aliphatic heterocycles. The molecular formula is C7H7F6NO4. The number of hydrogen-bond acceptors (Lipinski definition) is 4. The SMILES string of the molecule is CCOC(=O)[C@@](O)(NC(=O)C(F)(F)F)C(F)(F)F. The molecule has 0 rings (SSSR count). The first-order chi connectivity index (χ1) is 7.86. The molecule has 11 heteroatoms. The van der Waals surface area contributed by atoms with Gasteiger partial charge >= 0.3 is 30.0 Å². The summed E-state index contributed by atoms with van der Waals surface area (Å²) < 4.78 is 76.0. The summed E-state index contributed by atoms with van der Waals surface area (Å²) in [4.78, 5) is 21.1. The van der Waals surface area contributed by atoms with E-state index in [0.29, 0.717) is 0 Å². The molecule has 0 radical (unpaired) electrons. The Hall–Kier alpha value is -1.52. The van der Waals surface area contributed by atoms with Crippen LogP contribution in [0.15, 0.2) is 0 Å². The molecule has 1 atom stereocenters. The summed E-state index contributed by atoms with van der Waals surface area (Å²) >= 11 is 0. The molecule has 0 bridgehead atoms. The number of amides is 1. The summed E-state index contributed by atoms with van der Waals surface area (Å²) in [5.74, 6) is -5.59. The lowest BCUT2D eigenvalue weighted by molar-refractivity contribution is -0.274. The van der Waals surface area contributed by atoms with Crippen molar-refractivity contribution in [2.45, 2.75) is 25.0 Å². The van der Waals surface area contributed by atoms with Crippen molar-refractivity contribution in [2.24, 2.45) is 0 Å². The Morgan fingerprint density at radius 2 is 1.61 bits per heavy atom. The highest BCUT2D eigenvalue weighted by Crippen LogP contribution is 2.30. The maximum absolute atomic E-state index is 12.3. The van der Waals surface area contributed by atoms with Crippen molar-refractivity contribution in [3.05, 3.63) is 0 Å². The standard InChI is InChI=1S/C7H7F6NO4/c1-2-18-4(16)5(17,7(11,12)13)14-3(15)6(8,9)10/h17H,2H2,1H3,(H,14,15)/t5-/m0/s1. The van der Waals surface area contributed by atoms with Crippen molar-refractivity contribution in [1.82, 2.24) is 5.32 Å². The van der Waals surface area contributed by atoms with Gasteiger partial charge in [0, 0.05) is 0 Å². The fourth-order valence-electron chi connectivity index (χ4n) is 0.708. The largest absolute Gasteiger partial charge is 0.471 e. The first-order valence-corrected chi connectivity index (χ1v) is 4.22. The fraction of sp³-hybridized carbons (Fsp3) is 0.714. The molecule has 0 aliphatic carbocycles. The van der Waals surface area contributed by atoms with Crippen LogP contribution >= 0.6 is 0 Å². The van der Waals surface area contributed by atoms with Crippen LogP contribution in [0.2, 0.25) is 0 Å². The molecule has 0 fully saturated rings. The molecule has 0 aromatic rings. The molecule has 106 valence electrons. The Labute approximate surface area is 95.7 Å². The van der Waals surface area contributed by atoms with Crippen LogP contribution in [0.25, 0.3) is 0 Å². The number of esters is 1. The van der Waals surface area contributed by atoms with Crippen LogP contribution in [0, 0.1) is 0 Å². The molecule has 0 spiro atoms. The maximum atomic E-state index is 12.3. The van der Waals surface area contributed by atoms with Crippen molar-refractivity contribution in [1.29, 1.82) is 0 Å². The maximum Gasteiger partial charge on any atom is 0.471 e. The quantitative estimate of drug-likeness (QED) is 0.449. The van der Waals surface area contributed by atoms with E-state index < -0.39 is 36.6 Å². The van der Waals surface area contributed by atoms with Crippen LogP contribution in [0.1, 0.15) is 6.92 Å². The van der Waals surface area contributed by atoms with E-state index in [1.807, 2.05) is 0 Å². The minimum absolute atomic E-state index is 0.150. The molecule has 2 N–H and O–H groups in total. The lowest BCUT2D eigenvalue weighted by Gasteiger charge is -2.28. The molecule has 1 amide bonds. The Kier molecular flexibility index (Phi) is 4.58. The smallest absolute Gasteiger partial charge is 0.462 e. The second kappa shape index (κ2) is 5.00. The van der Waals surface area contributed by atoms with Gasteiger partial charge in [0.15, 0.2) is 0 Å². The van der Waals surface area contributed by atoms with Crippen molar-refractivity contribution in [2.75, 3.05) is 6.61 Å². The highest BCUT2D eigenvalue weighted by molar-refractivity contribution is 5.89. The van der Waals surface area contributed by atoms with Gasteiger partial charge < -0.3 is 15.2 Å². The molecule has 18 heavy (non-hydrogen) atoms. The van der Waals surface area contributed by atoms with Gasteiger partial charge in [0.2, 0.25) is 0 Å². The summed E-state index contributed by atoms with van der Waals surface area (Å²) in [6, 6.07) is 0. The number of rotatable bonds is 3. The predicted molar refractivity (Wildman–Crippen MR) is 41.8 cm³/mol. The number of nitrogens with one attached hydrogen (secondary N) is 1. The molecular weight excluding hydrogens is 276 g/mol. The average molecular weight is 283 g/mol. The van der Waals surface area contributed by atoms with Crippen LogP contribution in [0.5, 0.6) is 0 Å². The Bertz CT molecular complexity index is 338. The van der Waals surface area contributed by atoms with E-state index >= 15 is 0 Å². The second-order valence-electron chi connectivity index (χ2n) is 2.88. The molecule has 0 aromatic heterocycles. The van der Waals surface area contributed by atoms with E-state index in [1.165, 1.54) is 0 Å². The van der Waals surface area contributed by atoms with Crippen molar-refractivity contribution >= 4 is 11.9 Å². The predicted octanol–water partition coefficient (Wildman–Crippen LogP) is 0.479. The van der Waals surface area contributed by atoms with E-state index in [2.05, 4.69) is 4.74 Å². The average Bonchev–Trinajstić information content (AvgIpc) is 2.14. The normalized spacial score (nSPS) is 15.8. The first kappa shape index (κ1) is 16.5. The van der Waals surface area contributed by atoms with E-state index in [0.717, 1.165) is 6.92 Å². The second-order valence-corrected chi connectivity index (χ2v) is 2.88. The van der Waals surface area contributed by atoms with E-state index in [9.17, 15) is 35.9 Å². The van der Waals surface area contributed by atoms with Gasteiger partial charge in [0.25, 0.3) is 0 Å². The monoisotopic (exact) mass is 283 g/mol. The van der Waals surface area contributed by atoms with Crippen LogP contribution in [0.4, 0.5) is 26.3 Å². The van der Waals surface area contributed by atoms with Gasteiger partial charge in [0.05, 0.1) is 6.61 Å². The zero-order valence-corrected chi connectivity index (χ0v) is 8.65. The number of carbonyl (C=O) groups excluding carboxylic acids is 2. The molecule has 0 saturated heterocycles. The van der Waals surface area contributed by atoms with Crippen molar-refractivity contribution < 1.29 is 45.8 Å². The topological polar surface area (TPSA) is 75.6 Å². The third kappa shape index (κ3) is 3.48. The first-order valence-electron chi connectivity index (χ1n) is 4.22. The van der Waals surface area contributed by atoms with Gasteiger partial charge in [0.1, 0.15) is 0 Å². The zero-order valence-electron chi connectivity index (χ0n) is 8.65. The van der Waals surface area contributed by atoms with Crippen molar-refractivity contribution in [3.63, 3.8) is 0 Å². The zero-order chi connectivity index (χ0) is 14.8. The molecule has 5 nitrogen and oxygen atoms in total. The van der Waals surface area contributed by atoms with Gasteiger partial charge in [-0.3, -0.25) is 4.79 Å². The fourth-order valence-corrected chi connectivity index (χ4v) is 0.708. The number of halogens is 6. The van der Waals surface area contributed by atoms with E-state index in [4.69, 9.17) is 5.11 Å².